The van der Waals surface area contributed by atoms with Crippen LogP contribution < -0.4 is 4.74 Å². The predicted octanol–water partition coefficient (Wildman–Crippen LogP) is 3.06. The molecular weight excluding hydrogens is 238 g/mol. The summed E-state index contributed by atoms with van der Waals surface area (Å²) in [5, 5.41) is 10.3. The van der Waals surface area contributed by atoms with Crippen molar-refractivity contribution in [3.05, 3.63) is 59.4 Å². The third-order valence-electron chi connectivity index (χ3n) is 3.20. The van der Waals surface area contributed by atoms with Crippen LogP contribution in [0.3, 0.4) is 0 Å². The van der Waals surface area contributed by atoms with Crippen molar-refractivity contribution in [3.8, 4) is 5.75 Å². The van der Waals surface area contributed by atoms with Gasteiger partial charge in [0.15, 0.2) is 0 Å². The van der Waals surface area contributed by atoms with Gasteiger partial charge in [0, 0.05) is 18.0 Å². The number of hydrogen-bond donors (Lipinski definition) is 1. The minimum Gasteiger partial charge on any atom is -0.496 e. The van der Waals surface area contributed by atoms with Crippen molar-refractivity contribution in [3.63, 3.8) is 0 Å². The van der Waals surface area contributed by atoms with Crippen LogP contribution in [0.5, 0.6) is 5.75 Å². The summed E-state index contributed by atoms with van der Waals surface area (Å²) < 4.78 is 5.30. The van der Waals surface area contributed by atoms with Crippen LogP contribution in [0.1, 0.15) is 29.2 Å². The highest BCUT2D eigenvalue weighted by Crippen LogP contribution is 2.29. The zero-order valence-corrected chi connectivity index (χ0v) is 11.3. The van der Waals surface area contributed by atoms with Crippen LogP contribution in [0.2, 0.25) is 0 Å². The van der Waals surface area contributed by atoms with E-state index in [1.807, 2.05) is 37.3 Å². The van der Waals surface area contributed by atoms with Crippen molar-refractivity contribution < 1.29 is 9.84 Å². The molecule has 1 aromatic carbocycles. The molecule has 1 heterocycles. The fourth-order valence-corrected chi connectivity index (χ4v) is 2.12. The second-order valence-corrected chi connectivity index (χ2v) is 4.66. The van der Waals surface area contributed by atoms with E-state index in [-0.39, 0.29) is 0 Å². The molecule has 0 saturated heterocycles. The molecule has 0 spiro atoms. The smallest absolute Gasteiger partial charge is 0.124 e. The van der Waals surface area contributed by atoms with Gasteiger partial charge in [-0.3, -0.25) is 4.98 Å². The van der Waals surface area contributed by atoms with E-state index >= 15 is 0 Å². The van der Waals surface area contributed by atoms with Crippen molar-refractivity contribution in [2.75, 3.05) is 7.11 Å². The second kappa shape index (κ2) is 6.34. The minimum atomic E-state index is -0.511. The Bertz CT molecular complexity index is 526. The summed E-state index contributed by atoms with van der Waals surface area (Å²) in [7, 11) is 1.63. The number of hydrogen-bond acceptors (Lipinski definition) is 3. The molecule has 2 aromatic rings. The lowest BCUT2D eigenvalue weighted by Gasteiger charge is -2.15. The maximum atomic E-state index is 10.3. The van der Waals surface area contributed by atoms with Gasteiger partial charge in [-0.2, -0.15) is 0 Å². The molecule has 0 fully saturated rings. The molecule has 0 amide bonds. The van der Waals surface area contributed by atoms with Gasteiger partial charge in [0.2, 0.25) is 0 Å². The predicted molar refractivity (Wildman–Crippen MR) is 75.2 cm³/mol. The summed E-state index contributed by atoms with van der Waals surface area (Å²) in [6.07, 6.45) is 4.53. The third kappa shape index (κ3) is 3.55. The quantitative estimate of drug-likeness (QED) is 0.895. The summed E-state index contributed by atoms with van der Waals surface area (Å²) in [4.78, 5) is 3.99. The van der Waals surface area contributed by atoms with Crippen molar-refractivity contribution in [1.29, 1.82) is 0 Å². The van der Waals surface area contributed by atoms with Crippen LogP contribution in [-0.4, -0.2) is 17.2 Å². The number of benzene rings is 1. The molecule has 1 N–H and O–H groups in total. The maximum Gasteiger partial charge on any atom is 0.124 e. The lowest BCUT2D eigenvalue weighted by Crippen LogP contribution is -2.03. The highest BCUT2D eigenvalue weighted by molar-refractivity contribution is 5.38. The zero-order valence-electron chi connectivity index (χ0n) is 11.3. The Balaban J connectivity index is 2.07. The van der Waals surface area contributed by atoms with Crippen molar-refractivity contribution in [1.82, 2.24) is 4.98 Å². The summed E-state index contributed by atoms with van der Waals surface area (Å²) in [5.74, 6) is 0.743. The number of aryl methyl sites for hydroxylation is 2. The lowest BCUT2D eigenvalue weighted by atomic mass is 9.99. The van der Waals surface area contributed by atoms with Crippen LogP contribution in [0, 0.1) is 6.92 Å². The number of aromatic nitrogens is 1. The summed E-state index contributed by atoms with van der Waals surface area (Å²) in [6.45, 7) is 2.01. The van der Waals surface area contributed by atoms with E-state index in [1.54, 1.807) is 19.5 Å². The molecule has 1 atom stereocenters. The second-order valence-electron chi connectivity index (χ2n) is 4.66. The molecule has 0 radical (unpaired) electrons. The first-order valence-corrected chi connectivity index (χ1v) is 6.42. The molecule has 0 aliphatic carbocycles. The van der Waals surface area contributed by atoms with Gasteiger partial charge in [0.05, 0.1) is 13.2 Å². The SMILES string of the molecule is COc1ccc(C)cc1C(O)CCc1ccncc1. The molecule has 19 heavy (non-hydrogen) atoms. The molecule has 0 bridgehead atoms. The van der Waals surface area contributed by atoms with Gasteiger partial charge in [0.1, 0.15) is 5.75 Å². The summed E-state index contributed by atoms with van der Waals surface area (Å²) >= 11 is 0. The van der Waals surface area contributed by atoms with E-state index in [2.05, 4.69) is 4.98 Å². The van der Waals surface area contributed by atoms with Crippen molar-refractivity contribution in [2.45, 2.75) is 25.9 Å². The number of methoxy groups -OCH3 is 1. The number of rotatable bonds is 5. The van der Waals surface area contributed by atoms with Crippen LogP contribution >= 0.6 is 0 Å². The van der Waals surface area contributed by atoms with Crippen LogP contribution in [0.4, 0.5) is 0 Å². The molecule has 0 aliphatic rings. The van der Waals surface area contributed by atoms with Crippen molar-refractivity contribution in [2.24, 2.45) is 0 Å². The third-order valence-corrected chi connectivity index (χ3v) is 3.20. The van der Waals surface area contributed by atoms with E-state index < -0.39 is 6.10 Å². The molecule has 0 saturated carbocycles. The minimum absolute atomic E-state index is 0.511. The summed E-state index contributed by atoms with van der Waals surface area (Å²) in [6, 6.07) is 9.81. The Kier molecular flexibility index (Phi) is 4.53. The number of aliphatic hydroxyl groups excluding tert-OH is 1. The van der Waals surface area contributed by atoms with E-state index in [0.29, 0.717) is 6.42 Å². The first-order chi connectivity index (χ1) is 9.20. The van der Waals surface area contributed by atoms with Gasteiger partial charge >= 0.3 is 0 Å². The molecule has 100 valence electrons. The average molecular weight is 257 g/mol. The van der Waals surface area contributed by atoms with Gasteiger partial charge in [-0.1, -0.05) is 11.6 Å². The van der Waals surface area contributed by atoms with E-state index in [1.165, 1.54) is 5.56 Å². The van der Waals surface area contributed by atoms with Crippen LogP contribution in [0.25, 0.3) is 0 Å². The van der Waals surface area contributed by atoms with Gasteiger partial charge in [0.25, 0.3) is 0 Å². The van der Waals surface area contributed by atoms with Gasteiger partial charge in [-0.05, 0) is 49.6 Å². The molecular formula is C16H19NO2. The van der Waals surface area contributed by atoms with Crippen LogP contribution in [-0.2, 0) is 6.42 Å². The van der Waals surface area contributed by atoms with E-state index in [4.69, 9.17) is 4.74 Å². The van der Waals surface area contributed by atoms with Gasteiger partial charge in [-0.15, -0.1) is 0 Å². The molecule has 1 aromatic heterocycles. The normalized spacial score (nSPS) is 12.2. The number of aliphatic hydroxyl groups is 1. The average Bonchev–Trinajstić information content (AvgIpc) is 2.46. The van der Waals surface area contributed by atoms with E-state index in [0.717, 1.165) is 23.3 Å². The van der Waals surface area contributed by atoms with Crippen molar-refractivity contribution >= 4 is 0 Å². The number of pyridine rings is 1. The highest BCUT2D eigenvalue weighted by Gasteiger charge is 2.13. The van der Waals surface area contributed by atoms with E-state index in [9.17, 15) is 5.11 Å². The zero-order chi connectivity index (χ0) is 13.7. The molecule has 3 nitrogen and oxygen atoms in total. The lowest BCUT2D eigenvalue weighted by molar-refractivity contribution is 0.163. The molecule has 2 rings (SSSR count). The first-order valence-electron chi connectivity index (χ1n) is 6.42. The molecule has 0 aliphatic heterocycles. The van der Waals surface area contributed by atoms with Crippen LogP contribution in [0.15, 0.2) is 42.7 Å². The first kappa shape index (κ1) is 13.6. The topological polar surface area (TPSA) is 42.4 Å². The maximum absolute atomic E-state index is 10.3. The van der Waals surface area contributed by atoms with Gasteiger partial charge in [-0.25, -0.2) is 0 Å². The molecule has 3 heteroatoms. The number of ether oxygens (including phenoxy) is 1. The Morgan fingerprint density at radius 3 is 2.63 bits per heavy atom. The largest absolute Gasteiger partial charge is 0.496 e. The molecule has 1 unspecified atom stereocenters. The fraction of sp³-hybridized carbons (Fsp3) is 0.312. The highest BCUT2D eigenvalue weighted by atomic mass is 16.5. The van der Waals surface area contributed by atoms with Gasteiger partial charge < -0.3 is 9.84 Å². The Morgan fingerprint density at radius 2 is 1.95 bits per heavy atom. The standard InChI is InChI=1S/C16H19NO2/c1-12-3-6-16(19-2)14(11-12)15(18)5-4-13-7-9-17-10-8-13/h3,6-11,15,18H,4-5H2,1-2H3. The fourth-order valence-electron chi connectivity index (χ4n) is 2.12. The Morgan fingerprint density at radius 1 is 1.21 bits per heavy atom. The monoisotopic (exact) mass is 257 g/mol. The summed E-state index contributed by atoms with van der Waals surface area (Å²) in [5.41, 5.74) is 3.16. The Labute approximate surface area is 113 Å². The number of nitrogens with zero attached hydrogens (tertiary/aromatic N) is 1. The Hall–Kier alpha value is -1.87.